The minimum Gasteiger partial charge on any atom is -0.497 e. The molecule has 28 heavy (non-hydrogen) atoms. The summed E-state index contributed by atoms with van der Waals surface area (Å²) < 4.78 is 5.20. The van der Waals surface area contributed by atoms with E-state index in [1.165, 1.54) is 0 Å². The van der Waals surface area contributed by atoms with Gasteiger partial charge < -0.3 is 10.1 Å². The predicted molar refractivity (Wildman–Crippen MR) is 111 cm³/mol. The highest BCUT2D eigenvalue weighted by atomic mass is 16.5. The van der Waals surface area contributed by atoms with E-state index in [1.807, 2.05) is 37.3 Å². The molecule has 1 unspecified atom stereocenters. The summed E-state index contributed by atoms with van der Waals surface area (Å²) in [6.07, 6.45) is 0.337. The van der Waals surface area contributed by atoms with Crippen LogP contribution in [0.2, 0.25) is 0 Å². The van der Waals surface area contributed by atoms with Crippen molar-refractivity contribution in [2.24, 2.45) is 5.92 Å². The molecule has 3 aromatic rings. The number of nitrogens with one attached hydrogen (secondary N) is 1. The Morgan fingerprint density at radius 3 is 2.32 bits per heavy atom. The van der Waals surface area contributed by atoms with E-state index in [-0.39, 0.29) is 11.7 Å². The second-order valence-corrected chi connectivity index (χ2v) is 6.69. The van der Waals surface area contributed by atoms with E-state index in [0.29, 0.717) is 23.4 Å². The van der Waals surface area contributed by atoms with Gasteiger partial charge in [-0.15, -0.1) is 0 Å². The average Bonchev–Trinajstić information content (AvgIpc) is 2.73. The molecular formula is C24H23NO3. The summed E-state index contributed by atoms with van der Waals surface area (Å²) in [6, 6.07) is 23.9. The van der Waals surface area contributed by atoms with Crippen molar-refractivity contribution < 1.29 is 14.3 Å². The average molecular weight is 373 g/mol. The van der Waals surface area contributed by atoms with Gasteiger partial charge in [0.2, 0.25) is 5.91 Å². The number of hydrogen-bond acceptors (Lipinski definition) is 3. The van der Waals surface area contributed by atoms with Crippen molar-refractivity contribution in [2.45, 2.75) is 13.3 Å². The van der Waals surface area contributed by atoms with Crippen molar-refractivity contribution >= 4 is 17.4 Å². The van der Waals surface area contributed by atoms with Crippen LogP contribution >= 0.6 is 0 Å². The number of ketones is 1. The molecule has 1 N–H and O–H groups in total. The first-order valence-corrected chi connectivity index (χ1v) is 9.16. The van der Waals surface area contributed by atoms with E-state index in [1.54, 1.807) is 55.6 Å². The van der Waals surface area contributed by atoms with Gasteiger partial charge in [-0.1, -0.05) is 66.2 Å². The Bertz CT molecular complexity index is 949. The van der Waals surface area contributed by atoms with Gasteiger partial charge >= 0.3 is 0 Å². The third-order valence-electron chi connectivity index (χ3n) is 4.59. The van der Waals surface area contributed by atoms with Gasteiger partial charge in [-0.3, -0.25) is 9.59 Å². The maximum atomic E-state index is 13.1. The van der Waals surface area contributed by atoms with E-state index in [0.717, 1.165) is 11.1 Å². The van der Waals surface area contributed by atoms with Gasteiger partial charge in [0.05, 0.1) is 7.11 Å². The van der Waals surface area contributed by atoms with E-state index in [9.17, 15) is 9.59 Å². The first-order valence-electron chi connectivity index (χ1n) is 9.16. The molecule has 0 aliphatic rings. The van der Waals surface area contributed by atoms with Gasteiger partial charge in [0.1, 0.15) is 11.7 Å². The van der Waals surface area contributed by atoms with Crippen LogP contribution in [0.4, 0.5) is 5.69 Å². The molecule has 142 valence electrons. The number of rotatable bonds is 7. The third kappa shape index (κ3) is 4.86. The number of carbonyl (C=O) groups is 2. The lowest BCUT2D eigenvalue weighted by Crippen LogP contribution is -2.31. The molecule has 3 aromatic carbocycles. The minimum absolute atomic E-state index is 0.193. The van der Waals surface area contributed by atoms with Crippen LogP contribution in [0.1, 0.15) is 21.5 Å². The molecule has 3 rings (SSSR count). The summed E-state index contributed by atoms with van der Waals surface area (Å²) in [7, 11) is 1.57. The first-order chi connectivity index (χ1) is 13.6. The molecule has 0 saturated heterocycles. The standard InChI is InChI=1S/C24H23NO3/c1-17-11-13-18(14-12-17)15-22(23(26)19-7-4-3-5-8-19)24(27)25-20-9-6-10-21(16-20)28-2/h3-14,16,22H,15H2,1-2H3,(H,25,27). The van der Waals surface area contributed by atoms with Crippen LogP contribution in [-0.4, -0.2) is 18.8 Å². The summed E-state index contributed by atoms with van der Waals surface area (Å²) in [6.45, 7) is 2.01. The first kappa shape index (κ1) is 19.4. The Balaban J connectivity index is 1.86. The lowest BCUT2D eigenvalue weighted by Gasteiger charge is -2.17. The van der Waals surface area contributed by atoms with E-state index in [2.05, 4.69) is 5.32 Å². The van der Waals surface area contributed by atoms with Gasteiger partial charge in [-0.25, -0.2) is 0 Å². The highest BCUT2D eigenvalue weighted by molar-refractivity contribution is 6.13. The van der Waals surface area contributed by atoms with Crippen molar-refractivity contribution in [3.05, 3.63) is 95.6 Å². The summed E-state index contributed by atoms with van der Waals surface area (Å²) >= 11 is 0. The third-order valence-corrected chi connectivity index (χ3v) is 4.59. The van der Waals surface area contributed by atoms with Crippen LogP contribution < -0.4 is 10.1 Å². The summed E-state index contributed by atoms with van der Waals surface area (Å²) in [5, 5.41) is 2.86. The zero-order valence-corrected chi connectivity index (χ0v) is 16.0. The molecule has 1 amide bonds. The largest absolute Gasteiger partial charge is 0.497 e. The van der Waals surface area contributed by atoms with Crippen LogP contribution in [0, 0.1) is 12.8 Å². The summed E-state index contributed by atoms with van der Waals surface area (Å²) in [5.74, 6) is -0.706. The van der Waals surface area contributed by atoms with Crippen molar-refractivity contribution in [3.63, 3.8) is 0 Å². The second kappa shape index (κ2) is 9.00. The maximum absolute atomic E-state index is 13.1. The monoisotopic (exact) mass is 373 g/mol. The lowest BCUT2D eigenvalue weighted by molar-refractivity contribution is -0.118. The van der Waals surface area contributed by atoms with E-state index in [4.69, 9.17) is 4.74 Å². The van der Waals surface area contributed by atoms with Gasteiger partial charge in [0.25, 0.3) is 0 Å². The Morgan fingerprint density at radius 2 is 1.64 bits per heavy atom. The molecule has 4 heteroatoms. The molecule has 0 fully saturated rings. The highest BCUT2D eigenvalue weighted by Gasteiger charge is 2.28. The van der Waals surface area contributed by atoms with Crippen LogP contribution in [0.25, 0.3) is 0 Å². The fourth-order valence-electron chi connectivity index (χ4n) is 3.00. The number of aryl methyl sites for hydroxylation is 1. The fourth-order valence-corrected chi connectivity index (χ4v) is 3.00. The van der Waals surface area contributed by atoms with Gasteiger partial charge in [-0.2, -0.15) is 0 Å². The minimum atomic E-state index is -0.823. The van der Waals surface area contributed by atoms with Gasteiger partial charge in [0.15, 0.2) is 5.78 Å². The Kier molecular flexibility index (Phi) is 6.22. The Labute approximate surface area is 165 Å². The Hall–Kier alpha value is -3.40. The molecule has 1 atom stereocenters. The zero-order chi connectivity index (χ0) is 19.9. The van der Waals surface area contributed by atoms with Gasteiger partial charge in [-0.05, 0) is 31.0 Å². The fraction of sp³-hybridized carbons (Fsp3) is 0.167. The van der Waals surface area contributed by atoms with Crippen molar-refractivity contribution in [1.82, 2.24) is 0 Å². The Morgan fingerprint density at radius 1 is 0.929 bits per heavy atom. The molecule has 0 saturated carbocycles. The molecule has 0 aliphatic heterocycles. The molecule has 0 heterocycles. The zero-order valence-electron chi connectivity index (χ0n) is 16.0. The number of Topliss-reactive ketones (excluding diaryl/α,β-unsaturated/α-hetero) is 1. The summed E-state index contributed by atoms with van der Waals surface area (Å²) in [5.41, 5.74) is 3.20. The van der Waals surface area contributed by atoms with Crippen molar-refractivity contribution in [2.75, 3.05) is 12.4 Å². The highest BCUT2D eigenvalue weighted by Crippen LogP contribution is 2.21. The number of hydrogen-bond donors (Lipinski definition) is 1. The van der Waals surface area contributed by atoms with E-state index < -0.39 is 5.92 Å². The quantitative estimate of drug-likeness (QED) is 0.483. The molecule has 0 bridgehead atoms. The second-order valence-electron chi connectivity index (χ2n) is 6.69. The van der Waals surface area contributed by atoms with Crippen molar-refractivity contribution in [1.29, 1.82) is 0 Å². The smallest absolute Gasteiger partial charge is 0.235 e. The van der Waals surface area contributed by atoms with Crippen LogP contribution in [-0.2, 0) is 11.2 Å². The van der Waals surface area contributed by atoms with Crippen LogP contribution in [0.3, 0.4) is 0 Å². The van der Waals surface area contributed by atoms with E-state index >= 15 is 0 Å². The molecule has 0 spiro atoms. The molecular weight excluding hydrogens is 350 g/mol. The number of carbonyl (C=O) groups excluding carboxylic acids is 2. The number of amides is 1. The van der Waals surface area contributed by atoms with Crippen LogP contribution in [0.5, 0.6) is 5.75 Å². The van der Waals surface area contributed by atoms with Gasteiger partial charge in [0, 0.05) is 17.3 Å². The molecule has 0 aromatic heterocycles. The number of methoxy groups -OCH3 is 1. The predicted octanol–water partition coefficient (Wildman–Crippen LogP) is 4.68. The molecule has 4 nitrogen and oxygen atoms in total. The maximum Gasteiger partial charge on any atom is 0.235 e. The number of benzene rings is 3. The summed E-state index contributed by atoms with van der Waals surface area (Å²) in [4.78, 5) is 26.1. The van der Waals surface area contributed by atoms with Crippen molar-refractivity contribution in [3.8, 4) is 5.75 Å². The molecule has 0 radical (unpaired) electrons. The number of anilines is 1. The topological polar surface area (TPSA) is 55.4 Å². The lowest BCUT2D eigenvalue weighted by atomic mass is 9.90. The van der Waals surface area contributed by atoms with Crippen LogP contribution in [0.15, 0.2) is 78.9 Å². The number of ether oxygens (including phenoxy) is 1. The molecule has 0 aliphatic carbocycles. The normalized spacial score (nSPS) is 11.5. The SMILES string of the molecule is COc1cccc(NC(=O)C(Cc2ccc(C)cc2)C(=O)c2ccccc2)c1.